The highest BCUT2D eigenvalue weighted by Gasteiger charge is 2.17. The molecule has 0 radical (unpaired) electrons. The van der Waals surface area contributed by atoms with E-state index in [1.165, 1.54) is 13.0 Å². The van der Waals surface area contributed by atoms with E-state index in [9.17, 15) is 9.59 Å². The molecule has 0 aliphatic carbocycles. The molecule has 1 rings (SSSR count). The largest absolute Gasteiger partial charge is 0.481 e. The number of rotatable bonds is 3. The lowest BCUT2D eigenvalue weighted by Gasteiger charge is -2.15. The summed E-state index contributed by atoms with van der Waals surface area (Å²) in [4.78, 5) is 21.9. The van der Waals surface area contributed by atoms with Gasteiger partial charge < -0.3 is 10.5 Å². The van der Waals surface area contributed by atoms with Gasteiger partial charge in [0.05, 0.1) is 11.6 Å². The number of hydrogen-bond acceptors (Lipinski definition) is 4. The fourth-order valence-corrected chi connectivity index (χ4v) is 1.26. The summed E-state index contributed by atoms with van der Waals surface area (Å²) in [6.07, 6.45) is -0.884. The van der Waals surface area contributed by atoms with Crippen LogP contribution in [0.1, 0.15) is 18.1 Å². The van der Waals surface area contributed by atoms with E-state index in [0.717, 1.165) is 5.56 Å². The second-order valence-electron chi connectivity index (χ2n) is 3.71. The Morgan fingerprint density at radius 1 is 1.50 bits per heavy atom. The van der Waals surface area contributed by atoms with Crippen LogP contribution in [0.2, 0.25) is 0 Å². The number of hydrogen-bond donors (Lipinski definition) is 2. The SMILES string of the molecule is Cc1ccc(C#N)cc1OC(C)C(=O)NC(N)=O. The van der Waals surface area contributed by atoms with Gasteiger partial charge in [-0.15, -0.1) is 0 Å². The first-order chi connectivity index (χ1) is 8.43. The molecule has 1 atom stereocenters. The third-order valence-corrected chi connectivity index (χ3v) is 2.24. The number of carbonyl (C=O) groups excluding carboxylic acids is 2. The van der Waals surface area contributed by atoms with E-state index in [-0.39, 0.29) is 0 Å². The smallest absolute Gasteiger partial charge is 0.318 e. The standard InChI is InChI=1S/C12H13N3O3/c1-7-3-4-9(6-13)5-10(7)18-8(2)11(16)15-12(14)17/h3-5,8H,1-2H3,(H3,14,15,16,17). The first kappa shape index (κ1) is 13.5. The quantitative estimate of drug-likeness (QED) is 0.825. The van der Waals surface area contributed by atoms with E-state index in [4.69, 9.17) is 15.7 Å². The van der Waals surface area contributed by atoms with Crippen molar-refractivity contribution in [2.24, 2.45) is 5.73 Å². The zero-order chi connectivity index (χ0) is 13.7. The van der Waals surface area contributed by atoms with Crippen molar-refractivity contribution in [2.75, 3.05) is 0 Å². The maximum atomic E-state index is 11.4. The van der Waals surface area contributed by atoms with E-state index >= 15 is 0 Å². The molecule has 18 heavy (non-hydrogen) atoms. The van der Waals surface area contributed by atoms with Gasteiger partial charge in [0.25, 0.3) is 5.91 Å². The minimum absolute atomic E-state index is 0.418. The predicted molar refractivity (Wildman–Crippen MR) is 63.7 cm³/mol. The van der Waals surface area contributed by atoms with Gasteiger partial charge >= 0.3 is 6.03 Å². The van der Waals surface area contributed by atoms with Crippen LogP contribution in [0.3, 0.4) is 0 Å². The summed E-state index contributed by atoms with van der Waals surface area (Å²) in [7, 11) is 0. The number of benzene rings is 1. The molecule has 0 aliphatic heterocycles. The topological polar surface area (TPSA) is 105 Å². The number of nitrogens with one attached hydrogen (secondary N) is 1. The van der Waals surface area contributed by atoms with Gasteiger partial charge in [-0.3, -0.25) is 10.1 Å². The van der Waals surface area contributed by atoms with Crippen molar-refractivity contribution in [1.29, 1.82) is 5.26 Å². The van der Waals surface area contributed by atoms with E-state index < -0.39 is 18.0 Å². The number of nitrogens with two attached hydrogens (primary N) is 1. The molecule has 1 aromatic rings. The van der Waals surface area contributed by atoms with E-state index in [0.29, 0.717) is 11.3 Å². The molecule has 6 heteroatoms. The van der Waals surface area contributed by atoms with Crippen molar-refractivity contribution in [1.82, 2.24) is 5.32 Å². The number of carbonyl (C=O) groups is 2. The molecule has 0 saturated heterocycles. The molecule has 0 saturated carbocycles. The predicted octanol–water partition coefficient (Wildman–Crippen LogP) is 0.829. The molecule has 0 fully saturated rings. The molecule has 3 N–H and O–H groups in total. The normalized spacial score (nSPS) is 11.2. The Bertz CT molecular complexity index is 520. The average molecular weight is 247 g/mol. The fraction of sp³-hybridized carbons (Fsp3) is 0.250. The molecule has 6 nitrogen and oxygen atoms in total. The van der Waals surface area contributed by atoms with Gasteiger partial charge in [-0.05, 0) is 31.5 Å². The van der Waals surface area contributed by atoms with Crippen LogP contribution in [0.25, 0.3) is 0 Å². The second kappa shape index (κ2) is 5.68. The zero-order valence-corrected chi connectivity index (χ0v) is 10.1. The summed E-state index contributed by atoms with van der Waals surface area (Å²) in [5, 5.41) is 10.7. The molecule has 1 unspecified atom stereocenters. The minimum atomic E-state index is -0.932. The summed E-state index contributed by atoms with van der Waals surface area (Å²) in [6.45, 7) is 3.27. The Labute approximate surface area is 104 Å². The fourth-order valence-electron chi connectivity index (χ4n) is 1.26. The van der Waals surface area contributed by atoms with Crippen LogP contribution in [0, 0.1) is 18.3 Å². The molecule has 94 valence electrons. The van der Waals surface area contributed by atoms with Gasteiger partial charge in [0.2, 0.25) is 0 Å². The van der Waals surface area contributed by atoms with Gasteiger partial charge in [0.15, 0.2) is 6.10 Å². The Kier molecular flexibility index (Phi) is 4.27. The highest BCUT2D eigenvalue weighted by Crippen LogP contribution is 2.20. The number of nitrogens with zero attached hydrogens (tertiary/aromatic N) is 1. The molecular weight excluding hydrogens is 234 g/mol. The Hall–Kier alpha value is -2.55. The number of aryl methyl sites for hydroxylation is 1. The molecule has 0 aromatic heterocycles. The van der Waals surface area contributed by atoms with Crippen molar-refractivity contribution in [3.63, 3.8) is 0 Å². The van der Waals surface area contributed by atoms with Gasteiger partial charge in [-0.2, -0.15) is 5.26 Å². The Morgan fingerprint density at radius 2 is 2.17 bits per heavy atom. The molecule has 0 heterocycles. The van der Waals surface area contributed by atoms with Crippen LogP contribution in [0.5, 0.6) is 5.75 Å². The van der Waals surface area contributed by atoms with E-state index in [2.05, 4.69) is 0 Å². The van der Waals surface area contributed by atoms with Gasteiger partial charge in [0.1, 0.15) is 5.75 Å². The number of imide groups is 1. The number of urea groups is 1. The van der Waals surface area contributed by atoms with Gasteiger partial charge in [-0.25, -0.2) is 4.79 Å². The lowest BCUT2D eigenvalue weighted by molar-refractivity contribution is -0.126. The van der Waals surface area contributed by atoms with Crippen LogP contribution in [0.15, 0.2) is 18.2 Å². The first-order valence-electron chi connectivity index (χ1n) is 5.21. The lowest BCUT2D eigenvalue weighted by atomic mass is 10.1. The molecule has 0 aliphatic rings. The van der Waals surface area contributed by atoms with Crippen molar-refractivity contribution >= 4 is 11.9 Å². The van der Waals surface area contributed by atoms with Crippen molar-refractivity contribution in [2.45, 2.75) is 20.0 Å². The monoisotopic (exact) mass is 247 g/mol. The van der Waals surface area contributed by atoms with Crippen LogP contribution < -0.4 is 15.8 Å². The molecule has 1 aromatic carbocycles. The summed E-state index contributed by atoms with van der Waals surface area (Å²) in [6, 6.07) is 5.94. The molecule has 0 spiro atoms. The lowest BCUT2D eigenvalue weighted by Crippen LogP contribution is -2.42. The highest BCUT2D eigenvalue weighted by atomic mass is 16.5. The summed E-state index contributed by atoms with van der Waals surface area (Å²) in [5.74, 6) is -0.217. The molecule has 3 amide bonds. The summed E-state index contributed by atoms with van der Waals surface area (Å²) < 4.78 is 5.38. The third-order valence-electron chi connectivity index (χ3n) is 2.24. The third kappa shape index (κ3) is 3.49. The summed E-state index contributed by atoms with van der Waals surface area (Å²) >= 11 is 0. The van der Waals surface area contributed by atoms with Gasteiger partial charge in [0, 0.05) is 0 Å². The number of primary amides is 1. The highest BCUT2D eigenvalue weighted by molar-refractivity contribution is 5.95. The molecule has 0 bridgehead atoms. The van der Waals surface area contributed by atoms with Crippen molar-refractivity contribution < 1.29 is 14.3 Å². The van der Waals surface area contributed by atoms with Crippen LogP contribution in [-0.2, 0) is 4.79 Å². The van der Waals surface area contributed by atoms with E-state index in [1.807, 2.05) is 11.4 Å². The Balaban J connectivity index is 2.81. The average Bonchev–Trinajstić information content (AvgIpc) is 2.31. The maximum absolute atomic E-state index is 11.4. The van der Waals surface area contributed by atoms with Crippen molar-refractivity contribution in [3.8, 4) is 11.8 Å². The van der Waals surface area contributed by atoms with Crippen LogP contribution >= 0.6 is 0 Å². The summed E-state index contributed by atoms with van der Waals surface area (Å²) in [5.41, 5.74) is 6.04. The van der Waals surface area contributed by atoms with E-state index in [1.54, 1.807) is 19.1 Å². The van der Waals surface area contributed by atoms with Gasteiger partial charge in [-0.1, -0.05) is 6.07 Å². The Morgan fingerprint density at radius 3 is 2.72 bits per heavy atom. The van der Waals surface area contributed by atoms with Crippen molar-refractivity contribution in [3.05, 3.63) is 29.3 Å². The number of amides is 3. The van der Waals surface area contributed by atoms with Crippen LogP contribution in [0.4, 0.5) is 4.79 Å². The number of nitriles is 1. The molecular formula is C12H13N3O3. The minimum Gasteiger partial charge on any atom is -0.481 e. The second-order valence-corrected chi connectivity index (χ2v) is 3.71. The van der Waals surface area contributed by atoms with Crippen LogP contribution in [-0.4, -0.2) is 18.0 Å². The zero-order valence-electron chi connectivity index (χ0n) is 10.1. The number of ether oxygens (including phenoxy) is 1. The first-order valence-corrected chi connectivity index (χ1v) is 5.21. The maximum Gasteiger partial charge on any atom is 0.318 e.